The van der Waals surface area contributed by atoms with E-state index in [-0.39, 0.29) is 5.91 Å². The van der Waals surface area contributed by atoms with E-state index in [0.717, 1.165) is 0 Å². The van der Waals surface area contributed by atoms with Crippen LogP contribution in [0.2, 0.25) is 0 Å². The Hall–Kier alpha value is -1.36. The second kappa shape index (κ2) is 3.57. The van der Waals surface area contributed by atoms with Crippen LogP contribution in [-0.4, -0.2) is 41.6 Å². The molecule has 5 heteroatoms. The van der Waals surface area contributed by atoms with Gasteiger partial charge in [0.25, 0.3) is 0 Å². The molecule has 0 saturated carbocycles. The Morgan fingerprint density at radius 1 is 1.67 bits per heavy atom. The maximum atomic E-state index is 12.3. The second-order valence-electron chi connectivity index (χ2n) is 5.83. The summed E-state index contributed by atoms with van der Waals surface area (Å²) in [5.74, 6) is -2.37. The summed E-state index contributed by atoms with van der Waals surface area (Å²) in [5.41, 5.74) is -0.721. The normalized spacial score (nSPS) is 40.9. The lowest BCUT2D eigenvalue weighted by molar-refractivity contribution is -0.313. The third kappa shape index (κ3) is 1.37. The first-order valence-electron chi connectivity index (χ1n) is 6.31. The van der Waals surface area contributed by atoms with Gasteiger partial charge in [0.05, 0.1) is 18.6 Å². The zero-order valence-electron chi connectivity index (χ0n) is 10.5. The van der Waals surface area contributed by atoms with Crippen molar-refractivity contribution in [3.63, 3.8) is 0 Å². The highest BCUT2D eigenvalue weighted by molar-refractivity contribution is 5.90. The first-order valence-corrected chi connectivity index (χ1v) is 6.31. The summed E-state index contributed by atoms with van der Waals surface area (Å²) in [7, 11) is 0. The van der Waals surface area contributed by atoms with Crippen molar-refractivity contribution < 1.29 is 19.4 Å². The first-order chi connectivity index (χ1) is 8.44. The van der Waals surface area contributed by atoms with E-state index in [2.05, 4.69) is 0 Å². The molecule has 0 aromatic carbocycles. The fourth-order valence-corrected chi connectivity index (χ4v) is 3.44. The van der Waals surface area contributed by atoms with Crippen LogP contribution in [0, 0.1) is 17.8 Å². The van der Waals surface area contributed by atoms with Crippen molar-refractivity contribution in [1.82, 2.24) is 4.90 Å². The largest absolute Gasteiger partial charge is 0.550 e. The smallest absolute Gasteiger partial charge is 0.229 e. The summed E-state index contributed by atoms with van der Waals surface area (Å²) in [6.45, 7) is 5.16. The summed E-state index contributed by atoms with van der Waals surface area (Å²) < 4.78 is 5.75. The van der Waals surface area contributed by atoms with E-state index in [4.69, 9.17) is 4.74 Å². The number of fused-ring (bicyclic) bond motifs is 1. The van der Waals surface area contributed by atoms with Crippen molar-refractivity contribution in [1.29, 1.82) is 0 Å². The summed E-state index contributed by atoms with van der Waals surface area (Å²) in [6, 6.07) is 0. The molecule has 1 amide bonds. The number of rotatable bonds is 3. The number of aliphatic carboxylic acids is 1. The molecule has 2 saturated heterocycles. The molecule has 0 N–H and O–H groups in total. The van der Waals surface area contributed by atoms with E-state index in [0.29, 0.717) is 19.0 Å². The summed E-state index contributed by atoms with van der Waals surface area (Å²) in [6.07, 6.45) is 3.12. The molecule has 2 bridgehead atoms. The number of carbonyl (C=O) groups excluding carboxylic acids is 2. The van der Waals surface area contributed by atoms with Gasteiger partial charge >= 0.3 is 0 Å². The van der Waals surface area contributed by atoms with Gasteiger partial charge in [0.2, 0.25) is 5.91 Å². The van der Waals surface area contributed by atoms with Gasteiger partial charge in [-0.25, -0.2) is 0 Å². The lowest BCUT2D eigenvalue weighted by Gasteiger charge is -2.24. The maximum Gasteiger partial charge on any atom is 0.229 e. The van der Waals surface area contributed by atoms with Crippen molar-refractivity contribution in [2.24, 2.45) is 17.8 Å². The highest BCUT2D eigenvalue weighted by Crippen LogP contribution is 2.51. The Balaban J connectivity index is 1.92. The van der Waals surface area contributed by atoms with Gasteiger partial charge in [-0.15, -0.1) is 0 Å². The average Bonchev–Trinajstić information content (AvgIpc) is 2.87. The Kier molecular flexibility index (Phi) is 2.32. The Labute approximate surface area is 105 Å². The zero-order chi connectivity index (χ0) is 13.1. The van der Waals surface area contributed by atoms with Crippen LogP contribution in [0.25, 0.3) is 0 Å². The fourth-order valence-electron chi connectivity index (χ4n) is 3.44. The SMILES string of the molecule is CC(C)CN1C[C@@]23C=C[C@@H](O2)[C@H](C(=O)[O-])[C@@H]3C1=O. The molecule has 0 aromatic rings. The predicted octanol–water partition coefficient (Wildman–Crippen LogP) is -0.826. The van der Waals surface area contributed by atoms with Gasteiger partial charge in [0, 0.05) is 18.4 Å². The summed E-state index contributed by atoms with van der Waals surface area (Å²) in [5, 5.41) is 11.2. The van der Waals surface area contributed by atoms with Gasteiger partial charge in [-0.3, -0.25) is 4.79 Å². The van der Waals surface area contributed by atoms with Crippen molar-refractivity contribution in [2.75, 3.05) is 13.1 Å². The molecule has 2 fully saturated rings. The van der Waals surface area contributed by atoms with E-state index >= 15 is 0 Å². The molecule has 3 rings (SSSR count). The third-order valence-corrected chi connectivity index (χ3v) is 4.04. The van der Waals surface area contributed by atoms with Crippen LogP contribution >= 0.6 is 0 Å². The number of nitrogens with zero attached hydrogens (tertiary/aromatic N) is 1. The highest BCUT2D eigenvalue weighted by atomic mass is 16.5. The molecule has 0 aromatic heterocycles. The molecule has 4 atom stereocenters. The number of amides is 1. The van der Waals surface area contributed by atoms with Crippen molar-refractivity contribution in [2.45, 2.75) is 25.6 Å². The van der Waals surface area contributed by atoms with Crippen LogP contribution in [0.15, 0.2) is 12.2 Å². The van der Waals surface area contributed by atoms with Crippen LogP contribution in [0.3, 0.4) is 0 Å². The molecule has 3 aliphatic heterocycles. The third-order valence-electron chi connectivity index (χ3n) is 4.04. The van der Waals surface area contributed by atoms with Crippen molar-refractivity contribution >= 4 is 11.9 Å². The second-order valence-corrected chi connectivity index (χ2v) is 5.83. The molecular weight excluding hydrogens is 234 g/mol. The molecule has 98 valence electrons. The van der Waals surface area contributed by atoms with Crippen LogP contribution < -0.4 is 5.11 Å². The molecule has 5 nitrogen and oxygen atoms in total. The Morgan fingerprint density at radius 2 is 2.39 bits per heavy atom. The van der Waals surface area contributed by atoms with Crippen LogP contribution in [-0.2, 0) is 14.3 Å². The zero-order valence-corrected chi connectivity index (χ0v) is 10.5. The summed E-state index contributed by atoms with van der Waals surface area (Å²) >= 11 is 0. The molecule has 0 aliphatic carbocycles. The fraction of sp³-hybridized carbons (Fsp3) is 0.692. The number of hydrogen-bond donors (Lipinski definition) is 0. The van der Waals surface area contributed by atoms with E-state index in [1.54, 1.807) is 11.0 Å². The molecule has 0 radical (unpaired) electrons. The van der Waals surface area contributed by atoms with Gasteiger partial charge in [-0.05, 0) is 5.92 Å². The minimum absolute atomic E-state index is 0.107. The van der Waals surface area contributed by atoms with E-state index in [1.807, 2.05) is 19.9 Å². The summed E-state index contributed by atoms with van der Waals surface area (Å²) in [4.78, 5) is 25.3. The lowest BCUT2D eigenvalue weighted by Crippen LogP contribution is -2.45. The van der Waals surface area contributed by atoms with Gasteiger partial charge in [0.15, 0.2) is 0 Å². The topological polar surface area (TPSA) is 69.7 Å². The minimum atomic E-state index is -1.18. The molecule has 3 aliphatic rings. The van der Waals surface area contributed by atoms with E-state index in [9.17, 15) is 14.7 Å². The molecule has 1 spiro atoms. The first kappa shape index (κ1) is 11.7. The van der Waals surface area contributed by atoms with Crippen LogP contribution in [0.4, 0.5) is 0 Å². The monoisotopic (exact) mass is 250 g/mol. The highest BCUT2D eigenvalue weighted by Gasteiger charge is 2.65. The number of carboxylic acid groups (broad SMARTS) is 1. The van der Waals surface area contributed by atoms with Gasteiger partial charge in [-0.2, -0.15) is 0 Å². The lowest BCUT2D eigenvalue weighted by atomic mass is 9.77. The van der Waals surface area contributed by atoms with Crippen molar-refractivity contribution in [3.8, 4) is 0 Å². The molecule has 18 heavy (non-hydrogen) atoms. The van der Waals surface area contributed by atoms with Gasteiger partial charge < -0.3 is 19.5 Å². The Morgan fingerprint density at radius 3 is 3.00 bits per heavy atom. The number of ether oxygens (including phenoxy) is 1. The van der Waals surface area contributed by atoms with E-state index < -0.39 is 29.5 Å². The molecular formula is C13H16NO4-. The van der Waals surface area contributed by atoms with Crippen molar-refractivity contribution in [3.05, 3.63) is 12.2 Å². The number of carbonyl (C=O) groups is 2. The minimum Gasteiger partial charge on any atom is -0.550 e. The number of likely N-dealkylation sites (tertiary alicyclic amines) is 1. The standard InChI is InChI=1S/C13H17NO4/c1-7(2)5-14-6-13-4-3-8(18-13)9(12(16)17)10(13)11(14)15/h3-4,7-10H,5-6H2,1-2H3,(H,16,17)/p-1/t8-,9+,10-,13-/m1/s1. The maximum absolute atomic E-state index is 12.3. The van der Waals surface area contributed by atoms with Gasteiger partial charge in [0.1, 0.15) is 5.60 Å². The quantitative estimate of drug-likeness (QED) is 0.613. The molecule has 3 heterocycles. The van der Waals surface area contributed by atoms with Crippen LogP contribution in [0.1, 0.15) is 13.8 Å². The average molecular weight is 250 g/mol. The van der Waals surface area contributed by atoms with Crippen LogP contribution in [0.5, 0.6) is 0 Å². The number of carboxylic acids is 1. The number of hydrogen-bond acceptors (Lipinski definition) is 4. The van der Waals surface area contributed by atoms with E-state index in [1.165, 1.54) is 0 Å². The molecule has 0 unspecified atom stereocenters. The Bertz CT molecular complexity index is 444. The van der Waals surface area contributed by atoms with Gasteiger partial charge in [-0.1, -0.05) is 26.0 Å². The predicted molar refractivity (Wildman–Crippen MR) is 60.1 cm³/mol.